The van der Waals surface area contributed by atoms with Crippen LogP contribution >= 0.6 is 12.2 Å². The molecule has 0 aromatic heterocycles. The maximum atomic E-state index is 13.4. The van der Waals surface area contributed by atoms with E-state index in [1.54, 1.807) is 18.2 Å². The van der Waals surface area contributed by atoms with E-state index in [4.69, 9.17) is 12.2 Å². The third kappa shape index (κ3) is 6.53. The van der Waals surface area contributed by atoms with Gasteiger partial charge in [0.1, 0.15) is 5.82 Å². The Bertz CT molecular complexity index is 407. The molecule has 0 amide bonds. The van der Waals surface area contributed by atoms with Gasteiger partial charge in [0.2, 0.25) is 0 Å². The van der Waals surface area contributed by atoms with Crippen LogP contribution in [0.5, 0.6) is 0 Å². The number of hydrogen-bond donors (Lipinski definition) is 2. The maximum Gasteiger partial charge on any atom is 0.171 e. The van der Waals surface area contributed by atoms with Gasteiger partial charge in [-0.05, 0) is 43.6 Å². The molecule has 0 fully saturated rings. The fourth-order valence-corrected chi connectivity index (χ4v) is 2.16. The molecule has 1 aromatic rings. The second-order valence-corrected chi connectivity index (χ2v) is 5.71. The van der Waals surface area contributed by atoms with E-state index in [2.05, 4.69) is 31.4 Å². The molecule has 1 unspecified atom stereocenters. The number of thiocarbonyl (C=S) groups is 1. The molecule has 0 aliphatic carbocycles. The summed E-state index contributed by atoms with van der Waals surface area (Å²) in [4.78, 5) is 0. The van der Waals surface area contributed by atoms with Crippen molar-refractivity contribution < 1.29 is 4.39 Å². The third-order valence-electron chi connectivity index (χ3n) is 2.92. The SMILES string of the molecule is CC(C)CCCC(C)NC(=S)Nc1ccccc1F. The summed E-state index contributed by atoms with van der Waals surface area (Å²) in [7, 11) is 0. The number of hydrogen-bond acceptors (Lipinski definition) is 1. The summed E-state index contributed by atoms with van der Waals surface area (Å²) in [6, 6.07) is 6.82. The summed E-state index contributed by atoms with van der Waals surface area (Å²) >= 11 is 5.19. The first-order valence-electron chi connectivity index (χ1n) is 6.81. The van der Waals surface area contributed by atoms with Crippen LogP contribution in [0.1, 0.15) is 40.0 Å². The molecule has 0 bridgehead atoms. The molecule has 0 saturated carbocycles. The average Bonchev–Trinajstić information content (AvgIpc) is 2.31. The van der Waals surface area contributed by atoms with E-state index in [1.165, 1.54) is 18.9 Å². The molecular formula is C15H23FN2S. The third-order valence-corrected chi connectivity index (χ3v) is 3.14. The summed E-state index contributed by atoms with van der Waals surface area (Å²) in [5, 5.41) is 6.54. The molecule has 0 aliphatic rings. The second-order valence-electron chi connectivity index (χ2n) is 5.30. The highest BCUT2D eigenvalue weighted by Gasteiger charge is 2.07. The summed E-state index contributed by atoms with van der Waals surface area (Å²) < 4.78 is 13.4. The Balaban J connectivity index is 2.33. The van der Waals surface area contributed by atoms with Crippen LogP contribution in [0.25, 0.3) is 0 Å². The monoisotopic (exact) mass is 282 g/mol. The zero-order valence-electron chi connectivity index (χ0n) is 11.9. The van der Waals surface area contributed by atoms with Gasteiger partial charge in [-0.1, -0.05) is 38.8 Å². The molecule has 2 nitrogen and oxygen atoms in total. The largest absolute Gasteiger partial charge is 0.360 e. The van der Waals surface area contributed by atoms with Gasteiger partial charge in [0, 0.05) is 6.04 Å². The molecule has 2 N–H and O–H groups in total. The lowest BCUT2D eigenvalue weighted by atomic mass is 10.0. The van der Waals surface area contributed by atoms with Gasteiger partial charge in [0.25, 0.3) is 0 Å². The molecule has 0 spiro atoms. The zero-order valence-corrected chi connectivity index (χ0v) is 12.7. The fraction of sp³-hybridized carbons (Fsp3) is 0.533. The van der Waals surface area contributed by atoms with Gasteiger partial charge in [0.15, 0.2) is 5.11 Å². The van der Waals surface area contributed by atoms with Gasteiger partial charge in [-0.3, -0.25) is 0 Å². The summed E-state index contributed by atoms with van der Waals surface area (Å²) in [5.74, 6) is 0.440. The van der Waals surface area contributed by atoms with Crippen molar-refractivity contribution >= 4 is 23.0 Å². The first-order valence-corrected chi connectivity index (χ1v) is 7.22. The van der Waals surface area contributed by atoms with Crippen LogP contribution in [0.4, 0.5) is 10.1 Å². The Kier molecular flexibility index (Phi) is 6.78. The number of nitrogens with one attached hydrogen (secondary N) is 2. The highest BCUT2D eigenvalue weighted by molar-refractivity contribution is 7.80. The van der Waals surface area contributed by atoms with Crippen molar-refractivity contribution in [1.29, 1.82) is 0 Å². The minimum absolute atomic E-state index is 0.292. The Morgan fingerprint density at radius 1 is 1.21 bits per heavy atom. The molecule has 106 valence electrons. The van der Waals surface area contributed by atoms with Gasteiger partial charge < -0.3 is 10.6 Å². The Labute approximate surface area is 120 Å². The first kappa shape index (κ1) is 15.9. The quantitative estimate of drug-likeness (QED) is 0.760. The highest BCUT2D eigenvalue weighted by atomic mass is 32.1. The lowest BCUT2D eigenvalue weighted by Crippen LogP contribution is -2.36. The fourth-order valence-electron chi connectivity index (χ4n) is 1.85. The lowest BCUT2D eigenvalue weighted by molar-refractivity contribution is 0.495. The van der Waals surface area contributed by atoms with Gasteiger partial charge in [-0.15, -0.1) is 0 Å². The van der Waals surface area contributed by atoms with Crippen molar-refractivity contribution in [3.8, 4) is 0 Å². The van der Waals surface area contributed by atoms with Crippen LogP contribution in [0.3, 0.4) is 0 Å². The molecule has 0 radical (unpaired) electrons. The van der Waals surface area contributed by atoms with Crippen molar-refractivity contribution in [2.24, 2.45) is 5.92 Å². The average molecular weight is 282 g/mol. The molecule has 0 heterocycles. The smallest absolute Gasteiger partial charge is 0.171 e. The van der Waals surface area contributed by atoms with E-state index in [0.717, 1.165) is 12.3 Å². The number of rotatable bonds is 6. The van der Waals surface area contributed by atoms with E-state index in [9.17, 15) is 4.39 Å². The van der Waals surface area contributed by atoms with Crippen molar-refractivity contribution in [2.75, 3.05) is 5.32 Å². The van der Waals surface area contributed by atoms with E-state index >= 15 is 0 Å². The highest BCUT2D eigenvalue weighted by Crippen LogP contribution is 2.12. The standard InChI is InChI=1S/C15H23FN2S/c1-11(2)7-6-8-12(3)17-15(19)18-14-10-5-4-9-13(14)16/h4-5,9-12H,6-8H2,1-3H3,(H2,17,18,19). The van der Waals surface area contributed by atoms with Crippen LogP contribution in [0, 0.1) is 11.7 Å². The second kappa shape index (κ2) is 8.10. The van der Waals surface area contributed by atoms with Crippen molar-refractivity contribution in [3.63, 3.8) is 0 Å². The van der Waals surface area contributed by atoms with Crippen LogP contribution in [0.2, 0.25) is 0 Å². The van der Waals surface area contributed by atoms with E-state index < -0.39 is 0 Å². The van der Waals surface area contributed by atoms with Crippen molar-refractivity contribution in [3.05, 3.63) is 30.1 Å². The van der Waals surface area contributed by atoms with Gasteiger partial charge in [-0.25, -0.2) is 4.39 Å². The van der Waals surface area contributed by atoms with Crippen molar-refractivity contribution in [1.82, 2.24) is 5.32 Å². The Morgan fingerprint density at radius 2 is 1.89 bits per heavy atom. The van der Waals surface area contributed by atoms with Crippen molar-refractivity contribution in [2.45, 2.75) is 46.1 Å². The molecule has 1 atom stereocenters. The summed E-state index contributed by atoms with van der Waals surface area (Å²) in [6.07, 6.45) is 3.46. The topological polar surface area (TPSA) is 24.1 Å². The van der Waals surface area contributed by atoms with Gasteiger partial charge in [0.05, 0.1) is 5.69 Å². The normalized spacial score (nSPS) is 12.3. The lowest BCUT2D eigenvalue weighted by Gasteiger charge is -2.17. The van der Waals surface area contributed by atoms with Gasteiger partial charge in [-0.2, -0.15) is 0 Å². The summed E-state index contributed by atoms with van der Waals surface area (Å²) in [5.41, 5.74) is 0.411. The van der Waals surface area contributed by atoms with Crippen LogP contribution < -0.4 is 10.6 Å². The molecule has 1 aromatic carbocycles. The molecule has 4 heteroatoms. The molecule has 19 heavy (non-hydrogen) atoms. The molecule has 1 rings (SSSR count). The first-order chi connectivity index (χ1) is 8.99. The molecule has 0 aliphatic heterocycles. The number of halogens is 1. The Morgan fingerprint density at radius 3 is 2.53 bits per heavy atom. The van der Waals surface area contributed by atoms with Gasteiger partial charge >= 0.3 is 0 Å². The minimum atomic E-state index is -0.292. The Hall–Kier alpha value is -1.16. The molecular weight excluding hydrogens is 259 g/mol. The van der Waals surface area contributed by atoms with Crippen LogP contribution in [0.15, 0.2) is 24.3 Å². The predicted octanol–water partition coefficient (Wildman–Crippen LogP) is 4.33. The van der Waals surface area contributed by atoms with Crippen LogP contribution in [-0.2, 0) is 0 Å². The number of para-hydroxylation sites is 1. The minimum Gasteiger partial charge on any atom is -0.360 e. The predicted molar refractivity (Wildman–Crippen MR) is 83.9 cm³/mol. The number of anilines is 1. The maximum absolute atomic E-state index is 13.4. The molecule has 0 saturated heterocycles. The zero-order chi connectivity index (χ0) is 14.3. The van der Waals surface area contributed by atoms with E-state index in [-0.39, 0.29) is 5.82 Å². The summed E-state index contributed by atoms with van der Waals surface area (Å²) in [6.45, 7) is 6.54. The van der Waals surface area contributed by atoms with E-state index in [0.29, 0.717) is 16.8 Å². The number of benzene rings is 1. The van der Waals surface area contributed by atoms with Crippen LogP contribution in [-0.4, -0.2) is 11.2 Å². The van der Waals surface area contributed by atoms with E-state index in [1.807, 2.05) is 0 Å².